The van der Waals surface area contributed by atoms with Gasteiger partial charge in [0.2, 0.25) is 5.82 Å². The average Bonchev–Trinajstić information content (AvgIpc) is 3.52. The summed E-state index contributed by atoms with van der Waals surface area (Å²) in [4.78, 5) is 9.26. The molecule has 34 heavy (non-hydrogen) atoms. The molecule has 2 aromatic carbocycles. The normalized spacial score (nSPS) is 23.1. The molecule has 1 saturated carbocycles. The fourth-order valence-electron chi connectivity index (χ4n) is 5.23. The van der Waals surface area contributed by atoms with Crippen molar-refractivity contribution in [3.63, 3.8) is 0 Å². The number of anilines is 1. The predicted octanol–water partition coefficient (Wildman–Crippen LogP) is 3.71. The number of imidazole rings is 1. The van der Waals surface area contributed by atoms with E-state index in [-0.39, 0.29) is 23.5 Å². The highest BCUT2D eigenvalue weighted by atomic mass is 19.1. The molecular weight excluding hydrogens is 439 g/mol. The summed E-state index contributed by atoms with van der Waals surface area (Å²) in [6, 6.07) is 12.0. The number of nitrogens with two attached hydrogens (primary N) is 1. The van der Waals surface area contributed by atoms with E-state index in [1.165, 1.54) is 13.2 Å². The summed E-state index contributed by atoms with van der Waals surface area (Å²) < 4.78 is 33.1. The number of aliphatic hydroxyl groups excluding tert-OH is 1. The maximum atomic E-state index is 14.5. The summed E-state index contributed by atoms with van der Waals surface area (Å²) in [5.74, 6) is 1.33. The molecule has 174 valence electrons. The molecule has 9 heteroatoms. The Morgan fingerprint density at radius 2 is 1.94 bits per heavy atom. The number of aliphatic hydroxyl groups is 1. The van der Waals surface area contributed by atoms with Crippen molar-refractivity contribution in [2.45, 2.75) is 23.9 Å². The number of benzene rings is 2. The number of halogens is 1. The van der Waals surface area contributed by atoms with E-state index in [9.17, 15) is 9.50 Å². The summed E-state index contributed by atoms with van der Waals surface area (Å²) in [5, 5.41) is 9.72. The van der Waals surface area contributed by atoms with Gasteiger partial charge in [0.25, 0.3) is 0 Å². The number of hydrogen-bond acceptors (Lipinski definition) is 7. The van der Waals surface area contributed by atoms with Gasteiger partial charge in [-0.2, -0.15) is 4.39 Å². The highest BCUT2D eigenvalue weighted by Gasteiger charge is 2.64. The highest BCUT2D eigenvalue weighted by Crippen LogP contribution is 2.58. The maximum absolute atomic E-state index is 14.5. The van der Waals surface area contributed by atoms with Crippen LogP contribution in [0.4, 0.5) is 10.2 Å². The van der Waals surface area contributed by atoms with Gasteiger partial charge in [0.15, 0.2) is 11.5 Å². The molecule has 0 spiro atoms. The van der Waals surface area contributed by atoms with Crippen LogP contribution in [0, 0.1) is 5.82 Å². The Morgan fingerprint density at radius 1 is 1.18 bits per heavy atom. The number of fused-ring (bicyclic) bond motifs is 2. The van der Waals surface area contributed by atoms with Crippen LogP contribution in [0.15, 0.2) is 54.9 Å². The van der Waals surface area contributed by atoms with Gasteiger partial charge in [-0.15, -0.1) is 0 Å². The summed E-state index contributed by atoms with van der Waals surface area (Å²) in [6.45, 7) is 0.511. The van der Waals surface area contributed by atoms with Crippen molar-refractivity contribution >= 4 is 11.3 Å². The third-order valence-corrected chi connectivity index (χ3v) is 6.82. The van der Waals surface area contributed by atoms with Crippen molar-refractivity contribution in [2.24, 2.45) is 0 Å². The number of nitrogen functional groups attached to an aromatic ring is 1. The number of aromatic nitrogens is 3. The van der Waals surface area contributed by atoms with Crippen LogP contribution >= 0.6 is 0 Å². The number of hydrogen-bond donors (Lipinski definition) is 2. The molecule has 2 aromatic heterocycles. The fraction of sp³-hybridized carbons (Fsp3) is 0.280. The molecule has 4 aromatic rings. The van der Waals surface area contributed by atoms with Crippen LogP contribution in [0.2, 0.25) is 0 Å². The first-order chi connectivity index (χ1) is 16.5. The smallest absolute Gasteiger partial charge is 0.207 e. The first kappa shape index (κ1) is 20.9. The van der Waals surface area contributed by atoms with Crippen LogP contribution in [-0.2, 0) is 10.2 Å². The Hall–Kier alpha value is -3.69. The lowest BCUT2D eigenvalue weighted by Gasteiger charge is -2.42. The van der Waals surface area contributed by atoms with E-state index in [4.69, 9.17) is 24.9 Å². The molecule has 7 rings (SSSR count). The van der Waals surface area contributed by atoms with Crippen LogP contribution in [0.5, 0.6) is 17.2 Å². The first-order valence-corrected chi connectivity index (χ1v) is 11.0. The Morgan fingerprint density at radius 3 is 2.65 bits per heavy atom. The van der Waals surface area contributed by atoms with Crippen LogP contribution in [0.3, 0.4) is 0 Å². The second kappa shape index (κ2) is 7.41. The van der Waals surface area contributed by atoms with Gasteiger partial charge in [0.05, 0.1) is 31.3 Å². The quantitative estimate of drug-likeness (QED) is 0.450. The van der Waals surface area contributed by atoms with Crippen molar-refractivity contribution in [1.29, 1.82) is 0 Å². The highest BCUT2D eigenvalue weighted by molar-refractivity contribution is 5.85. The first-order valence-electron chi connectivity index (χ1n) is 11.0. The van der Waals surface area contributed by atoms with Crippen molar-refractivity contribution in [1.82, 2.24) is 14.4 Å². The monoisotopic (exact) mass is 462 g/mol. The summed E-state index contributed by atoms with van der Waals surface area (Å²) in [6.07, 6.45) is 4.94. The number of nitrogens with zero attached hydrogens (tertiary/aromatic N) is 3. The van der Waals surface area contributed by atoms with E-state index in [2.05, 4.69) is 4.98 Å². The largest absolute Gasteiger partial charge is 0.494 e. The molecule has 3 N–H and O–H groups in total. The minimum atomic E-state index is -0.560. The van der Waals surface area contributed by atoms with E-state index in [0.717, 1.165) is 24.2 Å². The van der Waals surface area contributed by atoms with Gasteiger partial charge in [0.1, 0.15) is 28.6 Å². The van der Waals surface area contributed by atoms with Gasteiger partial charge >= 0.3 is 0 Å². The zero-order chi connectivity index (χ0) is 23.5. The molecule has 2 aliphatic heterocycles. The van der Waals surface area contributed by atoms with E-state index in [1.807, 2.05) is 22.7 Å². The second-order valence-corrected chi connectivity index (χ2v) is 8.98. The summed E-state index contributed by atoms with van der Waals surface area (Å²) in [7, 11) is 1.41. The van der Waals surface area contributed by atoms with Crippen molar-refractivity contribution in [3.05, 3.63) is 66.5 Å². The molecule has 2 saturated heterocycles. The SMILES string of the molecule is COc1cccc(Oc2ccc(-c3nc(C45COC(CO)(C4)C5)n4ccnc(N)c34)cc2)c1F. The van der Waals surface area contributed by atoms with E-state index < -0.39 is 11.4 Å². The average molecular weight is 462 g/mol. The molecule has 8 nitrogen and oxygen atoms in total. The van der Waals surface area contributed by atoms with Crippen LogP contribution in [-0.4, -0.2) is 45.4 Å². The molecule has 1 aliphatic carbocycles. The van der Waals surface area contributed by atoms with E-state index in [0.29, 0.717) is 29.4 Å². The second-order valence-electron chi connectivity index (χ2n) is 8.98. The molecule has 2 bridgehead atoms. The summed E-state index contributed by atoms with van der Waals surface area (Å²) >= 11 is 0. The lowest BCUT2D eigenvalue weighted by molar-refractivity contribution is -0.0486. The van der Waals surface area contributed by atoms with Gasteiger partial charge in [0, 0.05) is 18.0 Å². The fourth-order valence-corrected chi connectivity index (χ4v) is 5.23. The third-order valence-electron chi connectivity index (χ3n) is 6.82. The van der Waals surface area contributed by atoms with Crippen molar-refractivity contribution in [2.75, 3.05) is 26.1 Å². The van der Waals surface area contributed by atoms with Gasteiger partial charge in [-0.05, 0) is 49.2 Å². The lowest BCUT2D eigenvalue weighted by atomic mass is 9.62. The molecular formula is C25H23FN4O4. The van der Waals surface area contributed by atoms with Crippen LogP contribution in [0.25, 0.3) is 16.8 Å². The molecule has 0 radical (unpaired) electrons. The molecule has 4 heterocycles. The topological polar surface area (TPSA) is 104 Å². The molecule has 0 unspecified atom stereocenters. The number of ether oxygens (including phenoxy) is 3. The molecule has 0 amide bonds. The van der Waals surface area contributed by atoms with E-state index >= 15 is 0 Å². The standard InChI is InChI=1S/C25H23FN4O4/c1-32-17-3-2-4-18(19(17)26)34-16-7-5-15(6-8-16)20-21-22(27)28-9-10-30(21)23(29-20)24-11-25(12-24,13-31)33-14-24/h2-10,31H,11-14H2,1H3,(H2,27,28). The molecule has 0 atom stereocenters. The van der Waals surface area contributed by atoms with Crippen molar-refractivity contribution < 1.29 is 23.7 Å². The Labute approximate surface area is 194 Å². The van der Waals surface area contributed by atoms with Gasteiger partial charge in [-0.25, -0.2) is 9.97 Å². The Bertz CT molecular complexity index is 1400. The van der Waals surface area contributed by atoms with Gasteiger partial charge in [-0.3, -0.25) is 4.40 Å². The molecule has 3 fully saturated rings. The van der Waals surface area contributed by atoms with Crippen molar-refractivity contribution in [3.8, 4) is 28.5 Å². The zero-order valence-corrected chi connectivity index (χ0v) is 18.5. The van der Waals surface area contributed by atoms with Crippen LogP contribution in [0.1, 0.15) is 18.7 Å². The van der Waals surface area contributed by atoms with E-state index in [1.54, 1.807) is 30.5 Å². The van der Waals surface area contributed by atoms with Gasteiger partial charge in [-0.1, -0.05) is 6.07 Å². The van der Waals surface area contributed by atoms with Gasteiger partial charge < -0.3 is 25.1 Å². The minimum absolute atomic E-state index is 0.00392. The number of methoxy groups -OCH3 is 1. The Balaban J connectivity index is 1.36. The Kier molecular flexibility index (Phi) is 4.55. The van der Waals surface area contributed by atoms with Crippen LogP contribution < -0.4 is 15.2 Å². The minimum Gasteiger partial charge on any atom is -0.494 e. The molecule has 3 aliphatic rings. The predicted molar refractivity (Wildman–Crippen MR) is 123 cm³/mol. The lowest BCUT2D eigenvalue weighted by Crippen LogP contribution is -2.50. The zero-order valence-electron chi connectivity index (χ0n) is 18.5. The summed E-state index contributed by atoms with van der Waals surface area (Å²) in [5.41, 5.74) is 7.79. The maximum Gasteiger partial charge on any atom is 0.207 e. The third kappa shape index (κ3) is 2.97. The number of rotatable bonds is 6.